The van der Waals surface area contributed by atoms with E-state index in [1.54, 1.807) is 18.2 Å². The van der Waals surface area contributed by atoms with Gasteiger partial charge in [-0.25, -0.2) is 0 Å². The second-order valence-corrected chi connectivity index (χ2v) is 6.42. The van der Waals surface area contributed by atoms with Crippen LogP contribution in [0.25, 0.3) is 0 Å². The van der Waals surface area contributed by atoms with Crippen molar-refractivity contribution in [3.63, 3.8) is 0 Å². The van der Waals surface area contributed by atoms with Crippen molar-refractivity contribution in [3.8, 4) is 17.2 Å². The Hall–Kier alpha value is -3.96. The van der Waals surface area contributed by atoms with Gasteiger partial charge in [0.25, 0.3) is 5.91 Å². The number of alkyl halides is 3. The summed E-state index contributed by atoms with van der Waals surface area (Å²) in [5.74, 6) is 0.458. The lowest BCUT2D eigenvalue weighted by atomic mass is 10.2. The molecule has 162 valence electrons. The van der Waals surface area contributed by atoms with Crippen molar-refractivity contribution in [3.05, 3.63) is 48.0 Å². The minimum absolute atomic E-state index is 0.0265. The largest absolute Gasteiger partial charge is 0.486 e. The Morgan fingerprint density at radius 3 is 2.55 bits per heavy atom. The normalized spacial score (nSPS) is 13.0. The second-order valence-electron chi connectivity index (χ2n) is 6.42. The van der Waals surface area contributed by atoms with Crippen LogP contribution in [0.5, 0.6) is 17.2 Å². The smallest absolute Gasteiger partial charge is 0.422 e. The Morgan fingerprint density at radius 2 is 1.84 bits per heavy atom. The van der Waals surface area contributed by atoms with Crippen LogP contribution in [0.3, 0.4) is 0 Å². The molecule has 0 bridgehead atoms. The van der Waals surface area contributed by atoms with Crippen molar-refractivity contribution in [1.29, 1.82) is 0 Å². The Labute approximate surface area is 173 Å². The van der Waals surface area contributed by atoms with Gasteiger partial charge in [0.2, 0.25) is 11.9 Å². The number of carbonyl (C=O) groups is 1. The van der Waals surface area contributed by atoms with Crippen LogP contribution in [0.1, 0.15) is 10.4 Å². The summed E-state index contributed by atoms with van der Waals surface area (Å²) in [5.41, 5.74) is 6.54. The maximum absolute atomic E-state index is 12.6. The number of ether oxygens (including phenoxy) is 3. The van der Waals surface area contributed by atoms with Crippen molar-refractivity contribution in [2.45, 2.75) is 6.18 Å². The number of nitrogen functional groups attached to an aromatic ring is 1. The Balaban J connectivity index is 1.46. The molecule has 1 aliphatic rings. The van der Waals surface area contributed by atoms with Crippen LogP contribution >= 0.6 is 0 Å². The van der Waals surface area contributed by atoms with Crippen LogP contribution in [0, 0.1) is 0 Å². The van der Waals surface area contributed by atoms with Gasteiger partial charge in [0.15, 0.2) is 18.1 Å². The van der Waals surface area contributed by atoms with Gasteiger partial charge >= 0.3 is 6.18 Å². The summed E-state index contributed by atoms with van der Waals surface area (Å²) in [5, 5.41) is 6.98. The van der Waals surface area contributed by atoms with E-state index < -0.39 is 18.7 Å². The fraction of sp³-hybridized carbons (Fsp3) is 0.211. The number of fused-ring (bicyclic) bond motifs is 1. The zero-order valence-corrected chi connectivity index (χ0v) is 15.8. The van der Waals surface area contributed by atoms with E-state index in [1.165, 1.54) is 24.3 Å². The van der Waals surface area contributed by atoms with E-state index in [0.717, 1.165) is 4.68 Å². The van der Waals surface area contributed by atoms with Gasteiger partial charge in [-0.15, -0.1) is 5.10 Å². The van der Waals surface area contributed by atoms with Crippen molar-refractivity contribution >= 4 is 23.5 Å². The summed E-state index contributed by atoms with van der Waals surface area (Å²) < 4.78 is 53.1. The lowest BCUT2D eigenvalue weighted by molar-refractivity contribution is -0.153. The summed E-state index contributed by atoms with van der Waals surface area (Å²) in [6.45, 7) is -0.518. The summed E-state index contributed by atoms with van der Waals surface area (Å²) >= 11 is 0. The molecule has 0 spiro atoms. The molecule has 12 heteroatoms. The molecule has 0 amide bonds. The maximum Gasteiger partial charge on any atom is 0.422 e. The van der Waals surface area contributed by atoms with Crippen LogP contribution in [0.15, 0.2) is 42.5 Å². The van der Waals surface area contributed by atoms with E-state index in [4.69, 9.17) is 15.2 Å². The first kappa shape index (κ1) is 20.3. The number of carbonyl (C=O) groups excluding carboxylic acids is 1. The molecule has 0 saturated carbocycles. The third kappa shape index (κ3) is 4.79. The number of nitrogens with two attached hydrogens (primary N) is 1. The van der Waals surface area contributed by atoms with Gasteiger partial charge in [-0.2, -0.15) is 22.8 Å². The minimum atomic E-state index is -4.45. The van der Waals surface area contributed by atoms with E-state index in [2.05, 4.69) is 20.1 Å². The van der Waals surface area contributed by atoms with Gasteiger partial charge in [-0.05, 0) is 36.4 Å². The monoisotopic (exact) mass is 435 g/mol. The lowest BCUT2D eigenvalue weighted by Crippen LogP contribution is -2.19. The molecule has 3 aromatic rings. The Morgan fingerprint density at radius 1 is 1.13 bits per heavy atom. The molecule has 4 rings (SSSR count). The third-order valence-electron chi connectivity index (χ3n) is 4.13. The molecule has 31 heavy (non-hydrogen) atoms. The third-order valence-corrected chi connectivity index (χ3v) is 4.13. The molecular formula is C19H16F3N5O4. The highest BCUT2D eigenvalue weighted by Crippen LogP contribution is 2.33. The van der Waals surface area contributed by atoms with E-state index >= 15 is 0 Å². The molecule has 0 atom stereocenters. The van der Waals surface area contributed by atoms with Gasteiger partial charge in [-0.3, -0.25) is 4.79 Å². The van der Waals surface area contributed by atoms with Crippen LogP contribution in [-0.2, 0) is 0 Å². The molecule has 3 N–H and O–H groups in total. The number of hydrogen-bond acceptors (Lipinski definition) is 8. The van der Waals surface area contributed by atoms with Gasteiger partial charge in [0.05, 0.1) is 0 Å². The lowest BCUT2D eigenvalue weighted by Gasteiger charge is -2.18. The van der Waals surface area contributed by atoms with E-state index in [0.29, 0.717) is 30.4 Å². The fourth-order valence-electron chi connectivity index (χ4n) is 2.76. The molecule has 0 radical (unpaired) electrons. The summed E-state index contributed by atoms with van der Waals surface area (Å²) in [6, 6.07) is 10.3. The van der Waals surface area contributed by atoms with Gasteiger partial charge < -0.3 is 25.3 Å². The van der Waals surface area contributed by atoms with E-state index in [-0.39, 0.29) is 23.2 Å². The number of benzene rings is 2. The van der Waals surface area contributed by atoms with Crippen LogP contribution in [-0.4, -0.2) is 46.7 Å². The molecular weight excluding hydrogens is 419 g/mol. The SMILES string of the molecule is Nc1nc(Nc2ccc3c(c2)OCCO3)nn1C(=O)c1ccc(OCC(F)(F)F)cc1. The van der Waals surface area contributed by atoms with Crippen molar-refractivity contribution in [2.24, 2.45) is 0 Å². The topological polar surface area (TPSA) is 114 Å². The number of anilines is 3. The first-order valence-corrected chi connectivity index (χ1v) is 9.02. The van der Waals surface area contributed by atoms with Crippen molar-refractivity contribution < 1.29 is 32.2 Å². The molecule has 0 aliphatic carbocycles. The zero-order valence-electron chi connectivity index (χ0n) is 15.8. The van der Waals surface area contributed by atoms with E-state index in [9.17, 15) is 18.0 Å². The molecule has 0 saturated heterocycles. The second kappa shape index (κ2) is 8.05. The summed E-state index contributed by atoms with van der Waals surface area (Å²) in [4.78, 5) is 16.7. The van der Waals surface area contributed by atoms with Gasteiger partial charge in [-0.1, -0.05) is 0 Å². The number of nitrogens with one attached hydrogen (secondary N) is 1. The first-order chi connectivity index (χ1) is 14.8. The highest BCUT2D eigenvalue weighted by Gasteiger charge is 2.28. The predicted molar refractivity (Wildman–Crippen MR) is 103 cm³/mol. The summed E-state index contributed by atoms with van der Waals surface area (Å²) in [6.07, 6.45) is -4.45. The van der Waals surface area contributed by atoms with Gasteiger partial charge in [0, 0.05) is 17.3 Å². The number of nitrogens with zero attached hydrogens (tertiary/aromatic N) is 3. The molecule has 1 aliphatic heterocycles. The molecule has 9 nitrogen and oxygen atoms in total. The molecule has 2 aromatic carbocycles. The zero-order chi connectivity index (χ0) is 22.0. The number of aromatic nitrogens is 3. The van der Waals surface area contributed by atoms with E-state index in [1.807, 2.05) is 0 Å². The first-order valence-electron chi connectivity index (χ1n) is 9.02. The van der Waals surface area contributed by atoms with Crippen LogP contribution < -0.4 is 25.3 Å². The van der Waals surface area contributed by atoms with Crippen LogP contribution in [0.4, 0.5) is 30.8 Å². The highest BCUT2D eigenvalue weighted by atomic mass is 19.4. The average molecular weight is 435 g/mol. The van der Waals surface area contributed by atoms with Crippen LogP contribution in [0.2, 0.25) is 0 Å². The predicted octanol–water partition coefficient (Wildman–Crippen LogP) is 3.00. The molecule has 1 aromatic heterocycles. The number of halogens is 3. The molecule has 0 fully saturated rings. The fourth-order valence-corrected chi connectivity index (χ4v) is 2.76. The molecule has 0 unspecified atom stereocenters. The average Bonchev–Trinajstić information content (AvgIpc) is 3.11. The number of rotatable bonds is 5. The molecule has 2 heterocycles. The standard InChI is InChI=1S/C19H16F3N5O4/c20-19(21,22)10-31-13-4-1-11(2-5-13)16(28)27-17(23)25-18(26-27)24-12-3-6-14-15(9-12)30-8-7-29-14/h1-6,9H,7-8,10H2,(H3,23,24,25,26). The Kier molecular flexibility index (Phi) is 5.28. The van der Waals surface area contributed by atoms with Crippen molar-refractivity contribution in [1.82, 2.24) is 14.8 Å². The minimum Gasteiger partial charge on any atom is -0.486 e. The highest BCUT2D eigenvalue weighted by molar-refractivity contribution is 5.97. The van der Waals surface area contributed by atoms with Gasteiger partial charge in [0.1, 0.15) is 19.0 Å². The quantitative estimate of drug-likeness (QED) is 0.629. The van der Waals surface area contributed by atoms with Crippen molar-refractivity contribution in [2.75, 3.05) is 30.9 Å². The Bertz CT molecular complexity index is 1100. The summed E-state index contributed by atoms with van der Waals surface area (Å²) in [7, 11) is 0. The maximum atomic E-state index is 12.6. The number of hydrogen-bond donors (Lipinski definition) is 2.